The van der Waals surface area contributed by atoms with Gasteiger partial charge in [0.15, 0.2) is 0 Å². The predicted molar refractivity (Wildman–Crippen MR) is 84.0 cm³/mol. The van der Waals surface area contributed by atoms with Crippen LogP contribution in [0.25, 0.3) is 0 Å². The van der Waals surface area contributed by atoms with Crippen LogP contribution in [0.3, 0.4) is 0 Å². The summed E-state index contributed by atoms with van der Waals surface area (Å²) in [6.45, 7) is 6.42. The molecule has 1 amide bonds. The highest BCUT2D eigenvalue weighted by Gasteiger charge is 2.02. The van der Waals surface area contributed by atoms with Gasteiger partial charge >= 0.3 is 0 Å². The zero-order chi connectivity index (χ0) is 14.5. The Balaban J connectivity index is 2.06. The van der Waals surface area contributed by atoms with Gasteiger partial charge < -0.3 is 10.6 Å². The van der Waals surface area contributed by atoms with Gasteiger partial charge in [-0.3, -0.25) is 4.79 Å². The van der Waals surface area contributed by atoms with Crippen molar-refractivity contribution < 1.29 is 4.79 Å². The molecule has 0 saturated heterocycles. The summed E-state index contributed by atoms with van der Waals surface area (Å²) in [5.41, 5.74) is 5.54. The number of hydrogen-bond donors (Lipinski definition) is 2. The van der Waals surface area contributed by atoms with Gasteiger partial charge in [0.1, 0.15) is 0 Å². The quantitative estimate of drug-likeness (QED) is 0.883. The Morgan fingerprint density at radius 3 is 2.45 bits per heavy atom. The van der Waals surface area contributed by atoms with Crippen molar-refractivity contribution in [3.63, 3.8) is 0 Å². The van der Waals surface area contributed by atoms with E-state index < -0.39 is 0 Å². The fourth-order valence-corrected chi connectivity index (χ4v) is 2.11. The van der Waals surface area contributed by atoms with Gasteiger partial charge in [0, 0.05) is 24.8 Å². The van der Waals surface area contributed by atoms with Crippen molar-refractivity contribution in [2.45, 2.75) is 27.3 Å². The standard InChI is InChI=1S/C17H20N2O/c1-12-6-4-5-7-15(12)11-18-16-8-9-17(13(2)10-16)19-14(3)20/h4-10,18H,11H2,1-3H3,(H,19,20). The van der Waals surface area contributed by atoms with Crippen LogP contribution < -0.4 is 10.6 Å². The summed E-state index contributed by atoms with van der Waals surface area (Å²) >= 11 is 0. The SMILES string of the molecule is CC(=O)Nc1ccc(NCc2ccccc2C)cc1C. The Morgan fingerprint density at radius 1 is 1.05 bits per heavy atom. The summed E-state index contributed by atoms with van der Waals surface area (Å²) < 4.78 is 0. The molecule has 2 aromatic rings. The van der Waals surface area contributed by atoms with E-state index in [1.54, 1.807) is 0 Å². The van der Waals surface area contributed by atoms with Gasteiger partial charge in [0.05, 0.1) is 0 Å². The first-order chi connectivity index (χ1) is 9.56. The lowest BCUT2D eigenvalue weighted by Crippen LogP contribution is -2.07. The van der Waals surface area contributed by atoms with E-state index in [-0.39, 0.29) is 5.91 Å². The number of carbonyl (C=O) groups is 1. The van der Waals surface area contributed by atoms with E-state index in [9.17, 15) is 4.79 Å². The Bertz CT molecular complexity index is 620. The lowest BCUT2D eigenvalue weighted by Gasteiger charge is -2.12. The van der Waals surface area contributed by atoms with Crippen LogP contribution in [0, 0.1) is 13.8 Å². The maximum Gasteiger partial charge on any atom is 0.221 e. The van der Waals surface area contributed by atoms with E-state index >= 15 is 0 Å². The minimum Gasteiger partial charge on any atom is -0.381 e. The average Bonchev–Trinajstić information content (AvgIpc) is 2.40. The van der Waals surface area contributed by atoms with Crippen LogP contribution in [0.4, 0.5) is 11.4 Å². The maximum atomic E-state index is 11.1. The van der Waals surface area contributed by atoms with Gasteiger partial charge in [-0.2, -0.15) is 0 Å². The molecular formula is C17H20N2O. The summed E-state index contributed by atoms with van der Waals surface area (Å²) in [5, 5.41) is 6.23. The van der Waals surface area contributed by atoms with Gasteiger partial charge in [-0.25, -0.2) is 0 Å². The second kappa shape index (κ2) is 6.24. The van der Waals surface area contributed by atoms with Crippen molar-refractivity contribution in [2.24, 2.45) is 0 Å². The van der Waals surface area contributed by atoms with Crippen LogP contribution in [-0.4, -0.2) is 5.91 Å². The van der Waals surface area contributed by atoms with E-state index in [1.165, 1.54) is 18.1 Å². The molecule has 0 unspecified atom stereocenters. The molecule has 0 radical (unpaired) electrons. The maximum absolute atomic E-state index is 11.1. The Labute approximate surface area is 120 Å². The molecule has 0 aliphatic heterocycles. The van der Waals surface area contributed by atoms with E-state index in [0.29, 0.717) is 0 Å². The van der Waals surface area contributed by atoms with Gasteiger partial charge in [-0.05, 0) is 48.7 Å². The highest BCUT2D eigenvalue weighted by molar-refractivity contribution is 5.89. The zero-order valence-corrected chi connectivity index (χ0v) is 12.2. The summed E-state index contributed by atoms with van der Waals surface area (Å²) in [7, 11) is 0. The van der Waals surface area contributed by atoms with Crippen molar-refractivity contribution >= 4 is 17.3 Å². The average molecular weight is 268 g/mol. The summed E-state index contributed by atoms with van der Waals surface area (Å²) in [5.74, 6) is -0.0475. The molecule has 0 bridgehead atoms. The van der Waals surface area contributed by atoms with Crippen molar-refractivity contribution in [2.75, 3.05) is 10.6 Å². The lowest BCUT2D eigenvalue weighted by atomic mass is 10.1. The highest BCUT2D eigenvalue weighted by Crippen LogP contribution is 2.20. The minimum absolute atomic E-state index is 0.0475. The molecule has 2 aromatic carbocycles. The zero-order valence-electron chi connectivity index (χ0n) is 12.2. The first kappa shape index (κ1) is 14.1. The molecule has 0 atom stereocenters. The number of rotatable bonds is 4. The van der Waals surface area contributed by atoms with Crippen molar-refractivity contribution in [3.05, 3.63) is 59.2 Å². The Hall–Kier alpha value is -2.29. The van der Waals surface area contributed by atoms with Gasteiger partial charge in [0.25, 0.3) is 0 Å². The first-order valence-electron chi connectivity index (χ1n) is 6.73. The van der Waals surface area contributed by atoms with E-state index in [4.69, 9.17) is 0 Å². The molecule has 0 fully saturated rings. The third kappa shape index (κ3) is 3.60. The molecule has 0 aromatic heterocycles. The fraction of sp³-hybridized carbons (Fsp3) is 0.235. The van der Waals surface area contributed by atoms with Crippen molar-refractivity contribution in [1.82, 2.24) is 0 Å². The molecule has 104 valence electrons. The predicted octanol–water partition coefficient (Wildman–Crippen LogP) is 3.87. The highest BCUT2D eigenvalue weighted by atomic mass is 16.1. The van der Waals surface area contributed by atoms with Gasteiger partial charge in [-0.15, -0.1) is 0 Å². The molecule has 0 spiro atoms. The lowest BCUT2D eigenvalue weighted by molar-refractivity contribution is -0.114. The molecule has 3 nitrogen and oxygen atoms in total. The number of aryl methyl sites for hydroxylation is 2. The summed E-state index contributed by atoms with van der Waals surface area (Å²) in [6, 6.07) is 14.3. The number of nitrogens with one attached hydrogen (secondary N) is 2. The molecule has 0 aliphatic carbocycles. The number of amides is 1. The second-order valence-electron chi connectivity index (χ2n) is 4.99. The Morgan fingerprint density at radius 2 is 1.80 bits per heavy atom. The van der Waals surface area contributed by atoms with Crippen molar-refractivity contribution in [1.29, 1.82) is 0 Å². The van der Waals surface area contributed by atoms with E-state index in [0.717, 1.165) is 23.5 Å². The second-order valence-corrected chi connectivity index (χ2v) is 4.99. The van der Waals surface area contributed by atoms with Gasteiger partial charge in [0.2, 0.25) is 5.91 Å². The molecule has 0 saturated carbocycles. The van der Waals surface area contributed by atoms with Crippen LogP contribution >= 0.6 is 0 Å². The smallest absolute Gasteiger partial charge is 0.221 e. The molecule has 3 heteroatoms. The largest absolute Gasteiger partial charge is 0.381 e. The van der Waals surface area contributed by atoms with E-state index in [2.05, 4.69) is 35.8 Å². The van der Waals surface area contributed by atoms with Crippen LogP contribution in [0.1, 0.15) is 23.6 Å². The topological polar surface area (TPSA) is 41.1 Å². The summed E-state index contributed by atoms with van der Waals surface area (Å²) in [6.07, 6.45) is 0. The normalized spacial score (nSPS) is 10.2. The number of hydrogen-bond acceptors (Lipinski definition) is 2. The molecule has 2 N–H and O–H groups in total. The first-order valence-corrected chi connectivity index (χ1v) is 6.73. The third-order valence-electron chi connectivity index (χ3n) is 3.28. The number of anilines is 2. The van der Waals surface area contributed by atoms with Crippen molar-refractivity contribution in [3.8, 4) is 0 Å². The van der Waals surface area contributed by atoms with Crippen LogP contribution in [0.2, 0.25) is 0 Å². The fourth-order valence-electron chi connectivity index (χ4n) is 2.11. The van der Waals surface area contributed by atoms with Crippen LogP contribution in [0.5, 0.6) is 0 Å². The minimum atomic E-state index is -0.0475. The monoisotopic (exact) mass is 268 g/mol. The number of benzene rings is 2. The molecule has 20 heavy (non-hydrogen) atoms. The van der Waals surface area contributed by atoms with E-state index in [1.807, 2.05) is 31.2 Å². The molecular weight excluding hydrogens is 248 g/mol. The molecule has 2 rings (SSSR count). The molecule has 0 heterocycles. The molecule has 0 aliphatic rings. The third-order valence-corrected chi connectivity index (χ3v) is 3.28. The Kier molecular flexibility index (Phi) is 4.41. The van der Waals surface area contributed by atoms with Crippen LogP contribution in [0.15, 0.2) is 42.5 Å². The summed E-state index contributed by atoms with van der Waals surface area (Å²) in [4.78, 5) is 11.1. The van der Waals surface area contributed by atoms with Gasteiger partial charge in [-0.1, -0.05) is 24.3 Å². The number of carbonyl (C=O) groups excluding carboxylic acids is 1. The van der Waals surface area contributed by atoms with Crippen LogP contribution in [-0.2, 0) is 11.3 Å².